The SMILES string of the molecule is COc1cccc(C(O)CCC[C@]23CCNC[C@H]2c2cccc4c2N3CCCS4)c1OC. The molecule has 1 fully saturated rings. The van der Waals surface area contributed by atoms with Crippen LogP contribution in [0.4, 0.5) is 5.69 Å². The van der Waals surface area contributed by atoms with Crippen LogP contribution in [0.3, 0.4) is 0 Å². The third-order valence-corrected chi connectivity index (χ3v) is 8.74. The van der Waals surface area contributed by atoms with Gasteiger partial charge in [0.1, 0.15) is 0 Å². The first-order chi connectivity index (χ1) is 15.7. The quantitative estimate of drug-likeness (QED) is 0.630. The number of piperidine rings is 1. The van der Waals surface area contributed by atoms with Gasteiger partial charge in [-0.3, -0.25) is 0 Å². The van der Waals surface area contributed by atoms with Crippen LogP contribution in [-0.2, 0) is 0 Å². The van der Waals surface area contributed by atoms with Crippen molar-refractivity contribution in [1.29, 1.82) is 0 Å². The monoisotopic (exact) mass is 454 g/mol. The number of hydrogen-bond donors (Lipinski definition) is 2. The van der Waals surface area contributed by atoms with Gasteiger partial charge in [0.25, 0.3) is 0 Å². The third kappa shape index (κ3) is 3.57. The van der Waals surface area contributed by atoms with Gasteiger partial charge in [-0.1, -0.05) is 24.3 Å². The average molecular weight is 455 g/mol. The lowest BCUT2D eigenvalue weighted by Gasteiger charge is -2.47. The molecule has 1 saturated heterocycles. The molecule has 0 aromatic heterocycles. The van der Waals surface area contributed by atoms with Crippen molar-refractivity contribution in [3.05, 3.63) is 47.5 Å². The molecule has 3 aliphatic heterocycles. The number of aliphatic hydroxyl groups excluding tert-OH is 1. The molecule has 2 N–H and O–H groups in total. The molecule has 2 aromatic carbocycles. The lowest BCUT2D eigenvalue weighted by atomic mass is 9.73. The van der Waals surface area contributed by atoms with Crippen LogP contribution in [0.2, 0.25) is 0 Å². The molecule has 0 radical (unpaired) electrons. The lowest BCUT2D eigenvalue weighted by molar-refractivity contribution is 0.149. The summed E-state index contributed by atoms with van der Waals surface area (Å²) in [5.74, 6) is 3.03. The van der Waals surface area contributed by atoms with Crippen molar-refractivity contribution in [1.82, 2.24) is 5.32 Å². The highest BCUT2D eigenvalue weighted by Gasteiger charge is 2.52. The van der Waals surface area contributed by atoms with Gasteiger partial charge in [0.2, 0.25) is 0 Å². The number of para-hydroxylation sites is 2. The van der Waals surface area contributed by atoms with Crippen molar-refractivity contribution in [2.75, 3.05) is 44.5 Å². The van der Waals surface area contributed by atoms with Crippen LogP contribution in [0.5, 0.6) is 11.5 Å². The van der Waals surface area contributed by atoms with Gasteiger partial charge >= 0.3 is 0 Å². The fourth-order valence-electron chi connectivity index (χ4n) is 6.19. The number of methoxy groups -OCH3 is 2. The predicted molar refractivity (Wildman–Crippen MR) is 130 cm³/mol. The summed E-state index contributed by atoms with van der Waals surface area (Å²) >= 11 is 2.02. The molecule has 0 bridgehead atoms. The van der Waals surface area contributed by atoms with Gasteiger partial charge in [-0.05, 0) is 62.1 Å². The van der Waals surface area contributed by atoms with Crippen LogP contribution in [0.1, 0.15) is 55.3 Å². The Morgan fingerprint density at radius 3 is 2.94 bits per heavy atom. The minimum absolute atomic E-state index is 0.159. The number of hydrogen-bond acceptors (Lipinski definition) is 6. The highest BCUT2D eigenvalue weighted by molar-refractivity contribution is 7.99. The number of rotatable bonds is 7. The van der Waals surface area contributed by atoms with Crippen molar-refractivity contribution < 1.29 is 14.6 Å². The van der Waals surface area contributed by atoms with Gasteiger partial charge in [-0.25, -0.2) is 0 Å². The Morgan fingerprint density at radius 2 is 2.09 bits per heavy atom. The molecule has 0 spiro atoms. The van der Waals surface area contributed by atoms with Crippen LogP contribution in [-0.4, -0.2) is 50.3 Å². The highest BCUT2D eigenvalue weighted by Crippen LogP contribution is 2.56. The summed E-state index contributed by atoms with van der Waals surface area (Å²) in [6.07, 6.45) is 4.62. The number of nitrogens with zero attached hydrogens (tertiary/aromatic N) is 1. The second-order valence-electron chi connectivity index (χ2n) is 9.15. The van der Waals surface area contributed by atoms with Crippen molar-refractivity contribution in [3.63, 3.8) is 0 Å². The molecular weight excluding hydrogens is 420 g/mol. The zero-order chi connectivity index (χ0) is 22.1. The Labute approximate surface area is 195 Å². The van der Waals surface area contributed by atoms with Crippen molar-refractivity contribution in [2.24, 2.45) is 0 Å². The average Bonchev–Trinajstić information content (AvgIpc) is 2.95. The molecule has 1 unspecified atom stereocenters. The summed E-state index contributed by atoms with van der Waals surface area (Å²) in [4.78, 5) is 4.22. The molecule has 3 aliphatic rings. The Bertz CT molecular complexity index is 968. The predicted octanol–water partition coefficient (Wildman–Crippen LogP) is 4.74. The molecule has 3 heterocycles. The minimum atomic E-state index is -0.560. The molecule has 32 heavy (non-hydrogen) atoms. The van der Waals surface area contributed by atoms with Crippen LogP contribution < -0.4 is 19.7 Å². The van der Waals surface area contributed by atoms with E-state index in [9.17, 15) is 5.11 Å². The zero-order valence-corrected chi connectivity index (χ0v) is 19.9. The summed E-state index contributed by atoms with van der Waals surface area (Å²) in [5, 5.41) is 14.7. The molecule has 5 nitrogen and oxygen atoms in total. The largest absolute Gasteiger partial charge is 0.493 e. The number of aliphatic hydroxyl groups is 1. The number of fused-ring (bicyclic) bond motifs is 3. The van der Waals surface area contributed by atoms with Gasteiger partial charge in [0.15, 0.2) is 11.5 Å². The van der Waals surface area contributed by atoms with E-state index in [0.717, 1.165) is 50.9 Å². The first-order valence-corrected chi connectivity index (χ1v) is 12.8. The second-order valence-corrected chi connectivity index (χ2v) is 10.3. The van der Waals surface area contributed by atoms with Gasteiger partial charge in [-0.15, -0.1) is 11.8 Å². The van der Waals surface area contributed by atoms with Crippen molar-refractivity contribution in [3.8, 4) is 11.5 Å². The molecule has 2 aromatic rings. The normalized spacial score (nSPS) is 25.0. The van der Waals surface area contributed by atoms with E-state index in [4.69, 9.17) is 9.47 Å². The van der Waals surface area contributed by atoms with Crippen molar-refractivity contribution >= 4 is 17.4 Å². The summed E-state index contributed by atoms with van der Waals surface area (Å²) in [6, 6.07) is 12.6. The summed E-state index contributed by atoms with van der Waals surface area (Å²) in [6.45, 7) is 3.25. The highest BCUT2D eigenvalue weighted by atomic mass is 32.2. The summed E-state index contributed by atoms with van der Waals surface area (Å²) in [7, 11) is 3.27. The Morgan fingerprint density at radius 1 is 1.22 bits per heavy atom. The van der Waals surface area contributed by atoms with Gasteiger partial charge in [-0.2, -0.15) is 0 Å². The van der Waals surface area contributed by atoms with Gasteiger partial charge in [0.05, 0.1) is 26.0 Å². The van der Waals surface area contributed by atoms with E-state index in [2.05, 4.69) is 28.4 Å². The maximum atomic E-state index is 11.1. The number of ether oxygens (including phenoxy) is 2. The minimum Gasteiger partial charge on any atom is -0.493 e. The van der Waals surface area contributed by atoms with E-state index in [-0.39, 0.29) is 5.54 Å². The smallest absolute Gasteiger partial charge is 0.166 e. The first-order valence-electron chi connectivity index (χ1n) is 11.8. The van der Waals surface area contributed by atoms with E-state index in [1.54, 1.807) is 14.2 Å². The van der Waals surface area contributed by atoms with E-state index in [1.807, 2.05) is 30.0 Å². The molecule has 6 heteroatoms. The number of thioether (sulfide) groups is 1. The van der Waals surface area contributed by atoms with Gasteiger partial charge < -0.3 is 24.8 Å². The number of anilines is 1. The molecule has 3 atom stereocenters. The van der Waals surface area contributed by atoms with Crippen LogP contribution in [0.25, 0.3) is 0 Å². The maximum absolute atomic E-state index is 11.1. The number of benzene rings is 2. The van der Waals surface area contributed by atoms with Crippen LogP contribution in [0.15, 0.2) is 41.3 Å². The fourth-order valence-corrected chi connectivity index (χ4v) is 7.22. The maximum Gasteiger partial charge on any atom is 0.166 e. The zero-order valence-electron chi connectivity index (χ0n) is 19.1. The Hall–Kier alpha value is -1.89. The van der Waals surface area contributed by atoms with E-state index >= 15 is 0 Å². The molecule has 0 saturated carbocycles. The first kappa shape index (κ1) is 21.9. The summed E-state index contributed by atoms with van der Waals surface area (Å²) < 4.78 is 11.0. The van der Waals surface area contributed by atoms with E-state index < -0.39 is 6.10 Å². The van der Waals surface area contributed by atoms with Crippen molar-refractivity contribution in [2.45, 2.75) is 54.6 Å². The Balaban J connectivity index is 1.38. The molecular formula is C26H34N2O3S. The molecule has 172 valence electrons. The standard InChI is InChI=1S/C26H34N2O3S/c1-30-22-10-3-8-19(25(22)31-2)21(29)9-5-12-26-13-14-27-17-20(26)18-7-4-11-23-24(18)28(26)15-6-16-32-23/h3-4,7-8,10-11,20-21,27,29H,5-6,9,12-17H2,1-2H3/t20-,21?,26-/m0/s1. The third-order valence-electron chi connectivity index (χ3n) is 7.61. The molecule has 0 aliphatic carbocycles. The van der Waals surface area contributed by atoms with E-state index in [0.29, 0.717) is 17.4 Å². The Kier molecular flexibility index (Phi) is 6.28. The lowest BCUT2D eigenvalue weighted by Crippen LogP contribution is -2.56. The van der Waals surface area contributed by atoms with E-state index in [1.165, 1.54) is 28.3 Å². The molecule has 0 amide bonds. The fraction of sp³-hybridized carbons (Fsp3) is 0.538. The topological polar surface area (TPSA) is 54.0 Å². The van der Waals surface area contributed by atoms with Gasteiger partial charge in [0, 0.05) is 35.0 Å². The van der Waals surface area contributed by atoms with Crippen LogP contribution >= 0.6 is 11.8 Å². The summed E-state index contributed by atoms with van der Waals surface area (Å²) in [5.41, 5.74) is 4.00. The number of nitrogens with one attached hydrogen (secondary N) is 1. The second kappa shape index (κ2) is 9.16. The van der Waals surface area contributed by atoms with Crippen LogP contribution in [0, 0.1) is 0 Å². The molecule has 5 rings (SSSR count).